The molecule has 0 amide bonds. The molecule has 23 heavy (non-hydrogen) atoms. The smallest absolute Gasteiger partial charge is 0.251 e. The van der Waals surface area contributed by atoms with E-state index in [1.54, 1.807) is 13.0 Å². The number of carbonyl (C=O) groups is 1. The Morgan fingerprint density at radius 3 is 2.57 bits per heavy atom. The molecular formula is C18H16N2O3. The number of hydrogen-bond donors (Lipinski definition) is 1. The van der Waals surface area contributed by atoms with Gasteiger partial charge in [0.25, 0.3) is 5.56 Å². The number of aliphatic hydroxyl groups is 1. The summed E-state index contributed by atoms with van der Waals surface area (Å²) in [7, 11) is 0. The van der Waals surface area contributed by atoms with Crippen LogP contribution in [0, 0.1) is 13.8 Å². The molecule has 0 bridgehead atoms. The van der Waals surface area contributed by atoms with Crippen LogP contribution in [-0.2, 0) is 0 Å². The van der Waals surface area contributed by atoms with Gasteiger partial charge in [-0.05, 0) is 43.9 Å². The Balaban J connectivity index is 2.24. The van der Waals surface area contributed by atoms with Crippen molar-refractivity contribution in [3.63, 3.8) is 0 Å². The highest BCUT2D eigenvalue weighted by Crippen LogP contribution is 2.37. The largest absolute Gasteiger partial charge is 0.507 e. The number of pyridine rings is 2. The van der Waals surface area contributed by atoms with Gasteiger partial charge >= 0.3 is 0 Å². The van der Waals surface area contributed by atoms with E-state index in [4.69, 9.17) is 0 Å². The van der Waals surface area contributed by atoms with Crippen molar-refractivity contribution in [1.29, 1.82) is 0 Å². The van der Waals surface area contributed by atoms with Crippen molar-refractivity contribution in [2.45, 2.75) is 32.7 Å². The van der Waals surface area contributed by atoms with Crippen LogP contribution >= 0.6 is 0 Å². The lowest BCUT2D eigenvalue weighted by Gasteiger charge is -2.22. The lowest BCUT2D eigenvalue weighted by molar-refractivity contribution is 0.102. The quantitative estimate of drug-likeness (QED) is 0.848. The van der Waals surface area contributed by atoms with Crippen molar-refractivity contribution < 1.29 is 9.90 Å². The molecule has 2 aliphatic carbocycles. The van der Waals surface area contributed by atoms with E-state index < -0.39 is 0 Å². The molecule has 1 fully saturated rings. The first kappa shape index (κ1) is 13.9. The molecule has 2 heterocycles. The van der Waals surface area contributed by atoms with E-state index in [1.165, 1.54) is 10.6 Å². The number of aromatic nitrogens is 2. The average molecular weight is 308 g/mol. The number of fused-ring (bicyclic) bond motifs is 2. The third-order valence-electron chi connectivity index (χ3n) is 4.53. The summed E-state index contributed by atoms with van der Waals surface area (Å²) in [6.45, 7) is 7.34. The second-order valence-electron chi connectivity index (χ2n) is 6.32. The SMILES string of the molecule is C=c1cc(C)c2c(n1)C(=O)c1c(c(C)cc(=O)n1C1CC1)C=2O. The number of aryl methyl sites for hydroxylation is 2. The molecule has 0 radical (unpaired) electrons. The second-order valence-corrected chi connectivity index (χ2v) is 6.32. The van der Waals surface area contributed by atoms with Crippen LogP contribution in [0.15, 0.2) is 16.9 Å². The number of nitrogens with zero attached hydrogens (tertiary/aromatic N) is 2. The van der Waals surface area contributed by atoms with Gasteiger partial charge < -0.3 is 9.67 Å². The van der Waals surface area contributed by atoms with E-state index in [-0.39, 0.29) is 34.5 Å². The minimum absolute atomic E-state index is 0.0199. The van der Waals surface area contributed by atoms with Crippen LogP contribution in [0.3, 0.4) is 0 Å². The zero-order valence-electron chi connectivity index (χ0n) is 13.0. The van der Waals surface area contributed by atoms with Crippen LogP contribution in [0.2, 0.25) is 0 Å². The number of ketones is 1. The van der Waals surface area contributed by atoms with E-state index in [0.29, 0.717) is 21.7 Å². The van der Waals surface area contributed by atoms with Gasteiger partial charge in [-0.25, -0.2) is 4.98 Å². The van der Waals surface area contributed by atoms with E-state index in [1.807, 2.05) is 6.92 Å². The lowest BCUT2D eigenvalue weighted by Crippen LogP contribution is -2.38. The van der Waals surface area contributed by atoms with Gasteiger partial charge in [-0.2, -0.15) is 0 Å². The normalized spacial score (nSPS) is 16.3. The van der Waals surface area contributed by atoms with E-state index >= 15 is 0 Å². The minimum atomic E-state index is -0.311. The Labute approximate surface area is 132 Å². The van der Waals surface area contributed by atoms with Gasteiger partial charge in [0.2, 0.25) is 5.78 Å². The Bertz CT molecular complexity index is 1060. The first-order valence-electron chi connectivity index (χ1n) is 7.61. The van der Waals surface area contributed by atoms with Crippen LogP contribution in [0.25, 0.3) is 12.3 Å². The van der Waals surface area contributed by atoms with Crippen LogP contribution in [0.5, 0.6) is 0 Å². The summed E-state index contributed by atoms with van der Waals surface area (Å²) < 4.78 is 1.52. The average Bonchev–Trinajstić information content (AvgIpc) is 3.27. The molecule has 0 aliphatic heterocycles. The van der Waals surface area contributed by atoms with Gasteiger partial charge in [0.1, 0.15) is 17.1 Å². The Kier molecular flexibility index (Phi) is 2.67. The maximum atomic E-state index is 13.0. The van der Waals surface area contributed by atoms with Crippen molar-refractivity contribution in [3.05, 3.63) is 61.1 Å². The summed E-state index contributed by atoms with van der Waals surface area (Å²) in [5, 5.41) is 11.7. The summed E-state index contributed by atoms with van der Waals surface area (Å²) >= 11 is 0. The second kappa shape index (κ2) is 4.41. The maximum absolute atomic E-state index is 13.0. The standard InChI is InChI=1S/C18H16N2O3/c1-8-6-10(3)19-15-13(8)17(22)14-9(2)7-12(21)20(11-4-5-11)16(14)18(15)23/h6-7,11,22H,3-5H2,1-2H3. The van der Waals surface area contributed by atoms with Crippen LogP contribution in [0.1, 0.15) is 51.8 Å². The van der Waals surface area contributed by atoms with E-state index in [9.17, 15) is 14.7 Å². The van der Waals surface area contributed by atoms with Gasteiger partial charge in [-0.1, -0.05) is 6.58 Å². The number of carbonyl (C=O) groups excluding carboxylic acids is 1. The highest BCUT2D eigenvalue weighted by molar-refractivity contribution is 6.12. The summed E-state index contributed by atoms with van der Waals surface area (Å²) in [5.74, 6) is -0.291. The molecule has 0 spiro atoms. The summed E-state index contributed by atoms with van der Waals surface area (Å²) in [6.07, 6.45) is 1.75. The predicted molar refractivity (Wildman–Crippen MR) is 86.0 cm³/mol. The first-order valence-corrected chi connectivity index (χ1v) is 7.61. The number of aliphatic hydroxyl groups excluding tert-OH is 1. The molecule has 116 valence electrons. The number of rotatable bonds is 1. The van der Waals surface area contributed by atoms with Crippen LogP contribution in [-0.4, -0.2) is 20.4 Å². The van der Waals surface area contributed by atoms with Crippen molar-refractivity contribution >= 4 is 18.1 Å². The molecule has 0 aromatic carbocycles. The fraction of sp³-hybridized carbons (Fsp3) is 0.278. The van der Waals surface area contributed by atoms with Crippen LogP contribution < -0.4 is 16.1 Å². The van der Waals surface area contributed by atoms with Crippen molar-refractivity contribution in [2.24, 2.45) is 0 Å². The maximum Gasteiger partial charge on any atom is 0.251 e. The van der Waals surface area contributed by atoms with E-state index in [0.717, 1.165) is 18.4 Å². The van der Waals surface area contributed by atoms with Crippen molar-refractivity contribution in [1.82, 2.24) is 9.55 Å². The molecule has 1 N–H and O–H groups in total. The molecule has 0 atom stereocenters. The Morgan fingerprint density at radius 2 is 1.91 bits per heavy atom. The molecule has 2 aromatic heterocycles. The summed E-state index contributed by atoms with van der Waals surface area (Å²) in [5.41, 5.74) is 2.06. The van der Waals surface area contributed by atoms with Crippen molar-refractivity contribution in [3.8, 4) is 0 Å². The molecule has 5 nitrogen and oxygen atoms in total. The van der Waals surface area contributed by atoms with Gasteiger partial charge in [0, 0.05) is 22.9 Å². The fourth-order valence-corrected chi connectivity index (χ4v) is 3.40. The third-order valence-corrected chi connectivity index (χ3v) is 4.53. The zero-order chi connectivity index (χ0) is 16.5. The fourth-order valence-electron chi connectivity index (χ4n) is 3.40. The molecule has 5 heteroatoms. The third kappa shape index (κ3) is 1.82. The molecular weight excluding hydrogens is 292 g/mol. The van der Waals surface area contributed by atoms with Crippen LogP contribution in [0.4, 0.5) is 0 Å². The molecule has 2 aliphatic rings. The summed E-state index contributed by atoms with van der Waals surface area (Å²) in [6, 6.07) is 3.27. The highest BCUT2D eigenvalue weighted by Gasteiger charge is 2.36. The zero-order valence-corrected chi connectivity index (χ0v) is 13.0. The van der Waals surface area contributed by atoms with Gasteiger partial charge in [0.15, 0.2) is 0 Å². The van der Waals surface area contributed by atoms with Gasteiger partial charge in [0.05, 0.1) is 5.35 Å². The molecule has 0 saturated heterocycles. The first-order chi connectivity index (χ1) is 10.9. The molecule has 2 aromatic rings. The lowest BCUT2D eigenvalue weighted by atomic mass is 9.91. The highest BCUT2D eigenvalue weighted by atomic mass is 16.3. The van der Waals surface area contributed by atoms with Gasteiger partial charge in [-0.3, -0.25) is 9.59 Å². The van der Waals surface area contributed by atoms with Crippen molar-refractivity contribution in [2.75, 3.05) is 0 Å². The molecule has 1 saturated carbocycles. The van der Waals surface area contributed by atoms with E-state index in [2.05, 4.69) is 11.6 Å². The number of hydrogen-bond acceptors (Lipinski definition) is 4. The molecule has 0 unspecified atom stereocenters. The monoisotopic (exact) mass is 308 g/mol. The Morgan fingerprint density at radius 1 is 1.22 bits per heavy atom. The minimum Gasteiger partial charge on any atom is -0.507 e. The predicted octanol–water partition coefficient (Wildman–Crippen LogP) is 0.864. The topological polar surface area (TPSA) is 72.2 Å². The Hall–Kier alpha value is -2.69. The van der Waals surface area contributed by atoms with Gasteiger partial charge in [-0.15, -0.1) is 0 Å². The summed E-state index contributed by atoms with van der Waals surface area (Å²) in [4.78, 5) is 29.6. The molecule has 4 rings (SSSR count).